The van der Waals surface area contributed by atoms with E-state index >= 15 is 0 Å². The van der Waals surface area contributed by atoms with Crippen molar-refractivity contribution >= 4 is 15.7 Å². The van der Waals surface area contributed by atoms with Gasteiger partial charge in [0, 0.05) is 5.69 Å². The smallest absolute Gasteiger partial charge is 0.252 e. The van der Waals surface area contributed by atoms with Crippen molar-refractivity contribution in [3.05, 3.63) is 30.4 Å². The minimum absolute atomic E-state index is 0.0376. The molecule has 98 valence electrons. The third-order valence-corrected chi connectivity index (χ3v) is 3.82. The van der Waals surface area contributed by atoms with Crippen molar-refractivity contribution in [1.29, 1.82) is 5.26 Å². The molecule has 19 heavy (non-hydrogen) atoms. The highest BCUT2D eigenvalue weighted by Crippen LogP contribution is 2.21. The van der Waals surface area contributed by atoms with Crippen LogP contribution in [0.25, 0.3) is 5.69 Å². The van der Waals surface area contributed by atoms with E-state index in [1.165, 1.54) is 36.3 Å². The van der Waals surface area contributed by atoms with E-state index in [4.69, 9.17) is 11.0 Å². The second-order valence-electron chi connectivity index (χ2n) is 3.56. The van der Waals surface area contributed by atoms with Gasteiger partial charge in [0.1, 0.15) is 17.3 Å². The van der Waals surface area contributed by atoms with E-state index in [1.54, 1.807) is 6.07 Å². The van der Waals surface area contributed by atoms with Gasteiger partial charge in [-0.25, -0.2) is 22.8 Å². The summed E-state index contributed by atoms with van der Waals surface area (Å²) >= 11 is 0. The number of rotatable bonds is 3. The maximum Gasteiger partial charge on any atom is 0.252 e. The first-order valence-electron chi connectivity index (χ1n) is 5.13. The Morgan fingerprint density at radius 2 is 2.21 bits per heavy atom. The van der Waals surface area contributed by atoms with Gasteiger partial charge in [-0.1, -0.05) is 0 Å². The number of nitrogens with two attached hydrogens (primary N) is 1. The number of nitriles is 1. The molecule has 0 atom stereocenters. The van der Waals surface area contributed by atoms with Crippen LogP contribution in [0.4, 0.5) is 5.69 Å². The fourth-order valence-corrected chi connectivity index (χ4v) is 2.42. The van der Waals surface area contributed by atoms with Gasteiger partial charge in [-0.05, 0) is 25.2 Å². The largest absolute Gasteiger partial charge is 0.399 e. The number of hydrogen-bond acceptors (Lipinski definition) is 6. The monoisotopic (exact) mass is 278 g/mol. The summed E-state index contributed by atoms with van der Waals surface area (Å²) in [6.45, 7) is 0. The molecule has 1 aromatic carbocycles. The van der Waals surface area contributed by atoms with Crippen molar-refractivity contribution in [2.45, 2.75) is 4.90 Å². The van der Waals surface area contributed by atoms with Crippen LogP contribution in [0.15, 0.2) is 29.4 Å². The van der Waals surface area contributed by atoms with Gasteiger partial charge in [0.2, 0.25) is 10.0 Å². The second-order valence-corrected chi connectivity index (χ2v) is 5.41. The molecule has 0 spiro atoms. The van der Waals surface area contributed by atoms with E-state index in [0.29, 0.717) is 5.69 Å². The van der Waals surface area contributed by atoms with Crippen molar-refractivity contribution in [2.24, 2.45) is 0 Å². The van der Waals surface area contributed by atoms with Gasteiger partial charge in [0.15, 0.2) is 0 Å². The van der Waals surface area contributed by atoms with Gasteiger partial charge >= 0.3 is 0 Å². The molecule has 2 aromatic rings. The topological polar surface area (TPSA) is 127 Å². The predicted octanol–water partition coefficient (Wildman–Crippen LogP) is -0.371. The lowest BCUT2D eigenvalue weighted by atomic mass is 10.3. The van der Waals surface area contributed by atoms with Crippen LogP contribution in [-0.4, -0.2) is 30.2 Å². The predicted molar refractivity (Wildman–Crippen MR) is 66.7 cm³/mol. The molecule has 0 saturated carbocycles. The first-order chi connectivity index (χ1) is 8.97. The molecule has 0 aliphatic heterocycles. The zero-order valence-electron chi connectivity index (χ0n) is 9.90. The number of hydrogen-bond donors (Lipinski definition) is 2. The molecule has 8 nitrogen and oxygen atoms in total. The SMILES string of the molecule is CNS(=O)(=O)c1cc(N)ccc1-n1cnc(C#N)n1. The maximum absolute atomic E-state index is 11.9. The molecule has 2 rings (SSSR count). The maximum atomic E-state index is 11.9. The number of aromatic nitrogens is 3. The van der Waals surface area contributed by atoms with Crippen LogP contribution in [0.3, 0.4) is 0 Å². The average molecular weight is 278 g/mol. The Hall–Kier alpha value is -2.44. The Balaban J connectivity index is 2.68. The minimum atomic E-state index is -3.70. The number of sulfonamides is 1. The van der Waals surface area contributed by atoms with Gasteiger partial charge in [0.25, 0.3) is 5.82 Å². The minimum Gasteiger partial charge on any atom is -0.399 e. The van der Waals surface area contributed by atoms with Crippen molar-refractivity contribution < 1.29 is 8.42 Å². The number of nitrogens with zero attached hydrogens (tertiary/aromatic N) is 4. The molecule has 0 aliphatic rings. The fraction of sp³-hybridized carbons (Fsp3) is 0.100. The molecule has 0 saturated heterocycles. The van der Waals surface area contributed by atoms with Crippen LogP contribution in [-0.2, 0) is 10.0 Å². The Labute approximate surface area is 109 Å². The molecule has 0 aliphatic carbocycles. The lowest BCUT2D eigenvalue weighted by Crippen LogP contribution is -2.21. The van der Waals surface area contributed by atoms with Crippen molar-refractivity contribution in [1.82, 2.24) is 19.5 Å². The van der Waals surface area contributed by atoms with Crippen LogP contribution in [0.2, 0.25) is 0 Å². The lowest BCUT2D eigenvalue weighted by molar-refractivity contribution is 0.587. The van der Waals surface area contributed by atoms with Gasteiger partial charge in [0.05, 0.1) is 5.69 Å². The molecule has 1 aromatic heterocycles. The van der Waals surface area contributed by atoms with Crippen LogP contribution in [0.1, 0.15) is 5.82 Å². The summed E-state index contributed by atoms with van der Waals surface area (Å²) in [4.78, 5) is 3.69. The number of nitrogen functional groups attached to an aromatic ring is 1. The van der Waals surface area contributed by atoms with E-state index in [0.717, 1.165) is 0 Å². The number of anilines is 1. The van der Waals surface area contributed by atoms with Crippen LogP contribution < -0.4 is 10.5 Å². The lowest BCUT2D eigenvalue weighted by Gasteiger charge is -2.09. The van der Waals surface area contributed by atoms with Crippen molar-refractivity contribution in [2.75, 3.05) is 12.8 Å². The van der Waals surface area contributed by atoms with E-state index in [9.17, 15) is 8.42 Å². The van der Waals surface area contributed by atoms with Gasteiger partial charge in [-0.2, -0.15) is 5.26 Å². The summed E-state index contributed by atoms with van der Waals surface area (Å²) in [5.74, 6) is -0.0513. The summed E-state index contributed by atoms with van der Waals surface area (Å²) in [6.07, 6.45) is 1.26. The molecule has 3 N–H and O–H groups in total. The molecule has 0 fully saturated rings. The molecule has 0 amide bonds. The molecule has 1 heterocycles. The van der Waals surface area contributed by atoms with Crippen LogP contribution in [0.5, 0.6) is 0 Å². The molecular formula is C10H10N6O2S. The normalized spacial score (nSPS) is 11.2. The van der Waals surface area contributed by atoms with Crippen LogP contribution >= 0.6 is 0 Å². The van der Waals surface area contributed by atoms with E-state index < -0.39 is 10.0 Å². The Morgan fingerprint density at radius 1 is 1.47 bits per heavy atom. The highest BCUT2D eigenvalue weighted by atomic mass is 32.2. The zero-order valence-corrected chi connectivity index (χ0v) is 10.7. The second kappa shape index (κ2) is 4.68. The van der Waals surface area contributed by atoms with E-state index in [1.807, 2.05) is 0 Å². The Bertz CT molecular complexity index is 759. The summed E-state index contributed by atoms with van der Waals surface area (Å²) in [5, 5.41) is 12.5. The Morgan fingerprint density at radius 3 is 2.79 bits per heavy atom. The molecule has 0 radical (unpaired) electrons. The summed E-state index contributed by atoms with van der Waals surface area (Å²) in [7, 11) is -2.40. The third-order valence-electron chi connectivity index (χ3n) is 2.38. The van der Waals surface area contributed by atoms with Crippen molar-refractivity contribution in [3.63, 3.8) is 0 Å². The van der Waals surface area contributed by atoms with Crippen LogP contribution in [0, 0.1) is 11.3 Å². The van der Waals surface area contributed by atoms with E-state index in [2.05, 4.69) is 14.8 Å². The number of benzene rings is 1. The molecule has 0 unspecified atom stereocenters. The van der Waals surface area contributed by atoms with Gasteiger partial charge in [-0.15, -0.1) is 5.10 Å². The standard InChI is InChI=1S/C10H10N6O2S/c1-13-19(17,18)9-4-7(12)2-3-8(9)16-6-14-10(5-11)15-16/h2-4,6,13H,12H2,1H3. The molecular weight excluding hydrogens is 268 g/mol. The highest BCUT2D eigenvalue weighted by Gasteiger charge is 2.19. The third kappa shape index (κ3) is 2.40. The quantitative estimate of drug-likeness (QED) is 0.737. The molecule has 9 heteroatoms. The zero-order chi connectivity index (χ0) is 14.0. The average Bonchev–Trinajstić information content (AvgIpc) is 2.87. The molecule has 0 bridgehead atoms. The highest BCUT2D eigenvalue weighted by molar-refractivity contribution is 7.89. The Kier molecular flexibility index (Phi) is 3.20. The van der Waals surface area contributed by atoms with Gasteiger partial charge < -0.3 is 5.73 Å². The summed E-state index contributed by atoms with van der Waals surface area (Å²) in [5.41, 5.74) is 6.16. The van der Waals surface area contributed by atoms with Crippen molar-refractivity contribution in [3.8, 4) is 11.8 Å². The fourth-order valence-electron chi connectivity index (χ4n) is 1.48. The van der Waals surface area contributed by atoms with Gasteiger partial charge in [-0.3, -0.25) is 0 Å². The van der Waals surface area contributed by atoms with E-state index in [-0.39, 0.29) is 16.4 Å². The summed E-state index contributed by atoms with van der Waals surface area (Å²) < 4.78 is 27.3. The number of nitrogens with one attached hydrogen (secondary N) is 1. The first-order valence-corrected chi connectivity index (χ1v) is 6.61. The first kappa shape index (κ1) is 13.0. The summed E-state index contributed by atoms with van der Waals surface area (Å²) in [6, 6.07) is 6.12.